The molecule has 1 aliphatic heterocycles. The van der Waals surface area contributed by atoms with Crippen LogP contribution in [0, 0.1) is 15.9 Å². The summed E-state index contributed by atoms with van der Waals surface area (Å²) in [5.74, 6) is -0.853. The molecule has 0 amide bonds. The first kappa shape index (κ1) is 15.0. The van der Waals surface area contributed by atoms with Crippen molar-refractivity contribution >= 4 is 23.0 Å². The van der Waals surface area contributed by atoms with Gasteiger partial charge >= 0.3 is 0 Å². The van der Waals surface area contributed by atoms with Gasteiger partial charge in [0.15, 0.2) is 0 Å². The summed E-state index contributed by atoms with van der Waals surface area (Å²) < 4.78 is 18.6. The molecule has 1 saturated heterocycles. The Morgan fingerprint density at radius 2 is 2.15 bits per heavy atom. The fourth-order valence-electron chi connectivity index (χ4n) is 2.16. The van der Waals surface area contributed by atoms with Crippen molar-refractivity contribution in [2.75, 3.05) is 25.1 Å². The molecule has 8 heteroatoms. The van der Waals surface area contributed by atoms with Crippen LogP contribution in [0.25, 0.3) is 0 Å². The third kappa shape index (κ3) is 3.00. The van der Waals surface area contributed by atoms with Crippen molar-refractivity contribution < 1.29 is 19.2 Å². The van der Waals surface area contributed by atoms with Crippen molar-refractivity contribution in [3.05, 3.63) is 33.1 Å². The largest absolute Gasteiger partial charge is 0.394 e. The maximum atomic E-state index is 13.3. The zero-order valence-electron chi connectivity index (χ0n) is 10.6. The van der Waals surface area contributed by atoms with Gasteiger partial charge in [-0.25, -0.2) is 4.39 Å². The molecule has 2 rings (SSSR count). The van der Waals surface area contributed by atoms with Crippen LogP contribution < -0.4 is 5.32 Å². The zero-order valence-corrected chi connectivity index (χ0v) is 11.3. The van der Waals surface area contributed by atoms with Crippen LogP contribution >= 0.6 is 11.6 Å². The fourth-order valence-corrected chi connectivity index (χ4v) is 2.32. The van der Waals surface area contributed by atoms with Crippen molar-refractivity contribution in [2.24, 2.45) is 0 Å². The van der Waals surface area contributed by atoms with Crippen molar-refractivity contribution in [1.29, 1.82) is 0 Å². The number of halogens is 2. The third-order valence-electron chi connectivity index (χ3n) is 3.39. The number of nitrogens with zero attached hydrogens (tertiary/aromatic N) is 1. The molecule has 1 fully saturated rings. The maximum absolute atomic E-state index is 13.3. The van der Waals surface area contributed by atoms with Gasteiger partial charge in [-0.1, -0.05) is 11.6 Å². The SMILES string of the molecule is O=[N+]([O-])c1cc(F)c(Cl)cc1NC1(CO)CCOCC1. The number of nitro benzene ring substituents is 1. The quantitative estimate of drug-likeness (QED) is 0.659. The molecule has 110 valence electrons. The first-order valence-corrected chi connectivity index (χ1v) is 6.45. The highest BCUT2D eigenvalue weighted by atomic mass is 35.5. The highest BCUT2D eigenvalue weighted by molar-refractivity contribution is 6.31. The summed E-state index contributed by atoms with van der Waals surface area (Å²) in [6.07, 6.45) is 0.991. The molecule has 0 aliphatic carbocycles. The molecule has 6 nitrogen and oxygen atoms in total. The number of hydrogen-bond acceptors (Lipinski definition) is 5. The predicted molar refractivity (Wildman–Crippen MR) is 71.6 cm³/mol. The summed E-state index contributed by atoms with van der Waals surface area (Å²) >= 11 is 5.67. The van der Waals surface area contributed by atoms with Gasteiger partial charge in [0.25, 0.3) is 5.69 Å². The molecule has 0 atom stereocenters. The van der Waals surface area contributed by atoms with Crippen molar-refractivity contribution in [2.45, 2.75) is 18.4 Å². The van der Waals surface area contributed by atoms with Gasteiger partial charge in [-0.2, -0.15) is 0 Å². The van der Waals surface area contributed by atoms with Gasteiger partial charge in [0.1, 0.15) is 11.5 Å². The van der Waals surface area contributed by atoms with E-state index >= 15 is 0 Å². The van der Waals surface area contributed by atoms with Crippen LogP contribution in [-0.2, 0) is 4.74 Å². The summed E-state index contributed by atoms with van der Waals surface area (Å²) in [4.78, 5) is 10.3. The second-order valence-electron chi connectivity index (χ2n) is 4.72. The highest BCUT2D eigenvalue weighted by Crippen LogP contribution is 2.34. The standard InChI is InChI=1S/C12H14ClFN2O4/c13-8-5-10(11(16(18)19)6-9(8)14)15-12(7-17)1-3-20-4-2-12/h5-6,15,17H,1-4,7H2. The van der Waals surface area contributed by atoms with Crippen molar-refractivity contribution in [3.63, 3.8) is 0 Å². The zero-order chi connectivity index (χ0) is 14.8. The molecular weight excluding hydrogens is 291 g/mol. The van der Waals surface area contributed by atoms with Crippen LogP contribution in [0.1, 0.15) is 12.8 Å². The lowest BCUT2D eigenvalue weighted by Gasteiger charge is -2.37. The summed E-state index contributed by atoms with van der Waals surface area (Å²) in [6, 6.07) is 1.94. The van der Waals surface area contributed by atoms with Crippen LogP contribution in [0.4, 0.5) is 15.8 Å². The van der Waals surface area contributed by atoms with Crippen molar-refractivity contribution in [1.82, 2.24) is 0 Å². The Balaban J connectivity index is 2.36. The van der Waals surface area contributed by atoms with E-state index in [2.05, 4.69) is 5.32 Å². The number of ether oxygens (including phenoxy) is 1. The lowest BCUT2D eigenvalue weighted by atomic mass is 9.90. The van der Waals surface area contributed by atoms with Crippen LogP contribution in [-0.4, -0.2) is 35.4 Å². The van der Waals surface area contributed by atoms with Crippen LogP contribution in [0.3, 0.4) is 0 Å². The molecule has 0 unspecified atom stereocenters. The van der Waals surface area contributed by atoms with Gasteiger partial charge in [0.05, 0.1) is 28.2 Å². The Bertz CT molecular complexity index is 520. The topological polar surface area (TPSA) is 84.6 Å². The molecule has 0 aromatic heterocycles. The molecule has 0 radical (unpaired) electrons. The lowest BCUT2D eigenvalue weighted by molar-refractivity contribution is -0.384. The molecule has 1 aromatic carbocycles. The van der Waals surface area contributed by atoms with E-state index in [1.165, 1.54) is 6.07 Å². The fraction of sp³-hybridized carbons (Fsp3) is 0.500. The highest BCUT2D eigenvalue weighted by Gasteiger charge is 2.34. The van der Waals surface area contributed by atoms with Gasteiger partial charge in [0.2, 0.25) is 0 Å². The average Bonchev–Trinajstić information content (AvgIpc) is 2.43. The number of aliphatic hydroxyl groups excluding tert-OH is 1. The molecule has 1 heterocycles. The average molecular weight is 305 g/mol. The molecule has 1 aromatic rings. The minimum Gasteiger partial charge on any atom is -0.394 e. The van der Waals surface area contributed by atoms with E-state index in [1.807, 2.05) is 0 Å². The first-order chi connectivity index (χ1) is 9.47. The van der Waals surface area contributed by atoms with Crippen LogP contribution in [0.15, 0.2) is 12.1 Å². The molecule has 20 heavy (non-hydrogen) atoms. The number of hydrogen-bond donors (Lipinski definition) is 2. The molecule has 2 N–H and O–H groups in total. The summed E-state index contributed by atoms with van der Waals surface area (Å²) in [5.41, 5.74) is -1.03. The van der Waals surface area contributed by atoms with E-state index in [-0.39, 0.29) is 17.3 Å². The number of rotatable bonds is 4. The predicted octanol–water partition coefficient (Wildman–Crippen LogP) is 2.34. The minimum atomic E-state index is -0.853. The second kappa shape index (κ2) is 5.90. The molecule has 1 aliphatic rings. The number of benzene rings is 1. The Morgan fingerprint density at radius 3 is 2.70 bits per heavy atom. The van der Waals surface area contributed by atoms with E-state index in [9.17, 15) is 19.6 Å². The van der Waals surface area contributed by atoms with E-state index < -0.39 is 22.0 Å². The van der Waals surface area contributed by atoms with E-state index in [1.54, 1.807) is 0 Å². The maximum Gasteiger partial charge on any atom is 0.295 e. The molecular formula is C12H14ClFN2O4. The van der Waals surface area contributed by atoms with E-state index in [0.29, 0.717) is 26.1 Å². The number of anilines is 1. The number of aliphatic hydroxyl groups is 1. The Morgan fingerprint density at radius 1 is 1.50 bits per heavy atom. The summed E-state index contributed by atoms with van der Waals surface area (Å²) in [7, 11) is 0. The molecule has 0 saturated carbocycles. The third-order valence-corrected chi connectivity index (χ3v) is 3.68. The molecule has 0 spiro atoms. The molecule has 0 bridgehead atoms. The Kier molecular flexibility index (Phi) is 4.42. The van der Waals surface area contributed by atoms with Crippen LogP contribution in [0.5, 0.6) is 0 Å². The normalized spacial score (nSPS) is 17.8. The summed E-state index contributed by atoms with van der Waals surface area (Å²) in [6.45, 7) is 0.676. The second-order valence-corrected chi connectivity index (χ2v) is 5.12. The van der Waals surface area contributed by atoms with Gasteiger partial charge in [-0.05, 0) is 18.9 Å². The number of nitrogens with one attached hydrogen (secondary N) is 1. The van der Waals surface area contributed by atoms with Crippen LogP contribution in [0.2, 0.25) is 5.02 Å². The van der Waals surface area contributed by atoms with Gasteiger partial charge in [-0.3, -0.25) is 10.1 Å². The van der Waals surface area contributed by atoms with Gasteiger partial charge in [-0.15, -0.1) is 0 Å². The summed E-state index contributed by atoms with van der Waals surface area (Å²) in [5, 5.41) is 23.3. The smallest absolute Gasteiger partial charge is 0.295 e. The van der Waals surface area contributed by atoms with Gasteiger partial charge < -0.3 is 15.2 Å². The Labute approximate surface area is 119 Å². The van der Waals surface area contributed by atoms with Crippen molar-refractivity contribution in [3.8, 4) is 0 Å². The lowest BCUT2D eigenvalue weighted by Crippen LogP contribution is -2.47. The van der Waals surface area contributed by atoms with Gasteiger partial charge in [0, 0.05) is 13.2 Å². The van der Waals surface area contributed by atoms with E-state index in [4.69, 9.17) is 16.3 Å². The Hall–Kier alpha value is -1.44. The van der Waals surface area contributed by atoms with E-state index in [0.717, 1.165) is 6.07 Å². The monoisotopic (exact) mass is 304 g/mol. The number of nitro groups is 1. The first-order valence-electron chi connectivity index (χ1n) is 6.08. The minimum absolute atomic E-state index is 0.0948.